The van der Waals surface area contributed by atoms with Crippen LogP contribution in [0.5, 0.6) is 0 Å². The summed E-state index contributed by atoms with van der Waals surface area (Å²) in [6.07, 6.45) is 8.58. The summed E-state index contributed by atoms with van der Waals surface area (Å²) in [4.78, 5) is 32.9. The van der Waals surface area contributed by atoms with Crippen LogP contribution >= 0.6 is 12.4 Å². The molecule has 6 rings (SSSR count). The molecule has 202 valence electrons. The molecule has 2 aromatic carbocycles. The molecule has 7 heteroatoms. The molecule has 1 aromatic heterocycles. The molecule has 0 radical (unpaired) electrons. The maximum atomic E-state index is 14.0. The van der Waals surface area contributed by atoms with Gasteiger partial charge in [0, 0.05) is 43.2 Å². The van der Waals surface area contributed by atoms with E-state index in [0.29, 0.717) is 13.0 Å². The summed E-state index contributed by atoms with van der Waals surface area (Å²) in [5.74, 6) is 0.0308. The van der Waals surface area contributed by atoms with Crippen molar-refractivity contribution in [3.05, 3.63) is 71.4 Å². The van der Waals surface area contributed by atoms with Crippen molar-refractivity contribution in [1.82, 2.24) is 20.5 Å². The number of halogens is 1. The fourth-order valence-corrected chi connectivity index (χ4v) is 6.96. The Morgan fingerprint density at radius 1 is 1.03 bits per heavy atom. The number of rotatable bonds is 5. The molecule has 3 aliphatic rings. The van der Waals surface area contributed by atoms with Gasteiger partial charge in [-0.05, 0) is 80.2 Å². The summed E-state index contributed by atoms with van der Waals surface area (Å²) in [5.41, 5.74) is 4.79. The fourth-order valence-electron chi connectivity index (χ4n) is 6.96. The number of hydrogen-bond donors (Lipinski definition) is 3. The number of nitrogens with zero attached hydrogens (tertiary/aromatic N) is 1. The number of carbonyl (C=O) groups excluding carboxylic acids is 2. The van der Waals surface area contributed by atoms with Crippen LogP contribution in [0.25, 0.3) is 10.9 Å². The third-order valence-electron chi connectivity index (χ3n) is 9.34. The maximum absolute atomic E-state index is 14.0. The normalized spacial score (nSPS) is 23.0. The Morgan fingerprint density at radius 2 is 1.79 bits per heavy atom. The van der Waals surface area contributed by atoms with Crippen LogP contribution in [-0.4, -0.2) is 53.9 Å². The maximum Gasteiger partial charge on any atom is 0.245 e. The van der Waals surface area contributed by atoms with Gasteiger partial charge in [0.25, 0.3) is 0 Å². The van der Waals surface area contributed by atoms with Crippen molar-refractivity contribution in [3.63, 3.8) is 0 Å². The summed E-state index contributed by atoms with van der Waals surface area (Å²) < 4.78 is 0. The number of likely N-dealkylation sites (tertiary alicyclic amines) is 1. The first-order valence-electron chi connectivity index (χ1n) is 13.9. The van der Waals surface area contributed by atoms with Gasteiger partial charge in [-0.3, -0.25) is 9.59 Å². The van der Waals surface area contributed by atoms with Gasteiger partial charge < -0.3 is 20.5 Å². The highest BCUT2D eigenvalue weighted by Crippen LogP contribution is 2.46. The highest BCUT2D eigenvalue weighted by Gasteiger charge is 2.43. The van der Waals surface area contributed by atoms with E-state index >= 15 is 0 Å². The van der Waals surface area contributed by atoms with E-state index in [0.717, 1.165) is 68.2 Å². The zero-order valence-corrected chi connectivity index (χ0v) is 23.0. The molecule has 1 spiro atoms. The third-order valence-corrected chi connectivity index (χ3v) is 9.34. The van der Waals surface area contributed by atoms with Crippen LogP contribution in [0.2, 0.25) is 0 Å². The monoisotopic (exact) mass is 534 g/mol. The molecule has 2 amide bonds. The molecule has 38 heavy (non-hydrogen) atoms. The Kier molecular flexibility index (Phi) is 7.56. The van der Waals surface area contributed by atoms with Gasteiger partial charge in [-0.15, -0.1) is 12.4 Å². The van der Waals surface area contributed by atoms with Crippen molar-refractivity contribution < 1.29 is 9.59 Å². The predicted octanol–water partition coefficient (Wildman–Crippen LogP) is 4.51. The van der Waals surface area contributed by atoms with E-state index in [9.17, 15) is 9.59 Å². The molecular weight excluding hydrogens is 496 g/mol. The lowest BCUT2D eigenvalue weighted by atomic mass is 9.73. The zero-order chi connectivity index (χ0) is 25.5. The summed E-state index contributed by atoms with van der Waals surface area (Å²) in [7, 11) is 0. The summed E-state index contributed by atoms with van der Waals surface area (Å²) >= 11 is 0. The highest BCUT2D eigenvalue weighted by molar-refractivity contribution is 5.91. The first kappa shape index (κ1) is 26.8. The molecule has 2 aliphatic heterocycles. The van der Waals surface area contributed by atoms with E-state index in [4.69, 9.17) is 0 Å². The summed E-state index contributed by atoms with van der Waals surface area (Å²) in [6, 6.07) is 16.4. The van der Waals surface area contributed by atoms with Gasteiger partial charge in [0.1, 0.15) is 6.04 Å². The minimum Gasteiger partial charge on any atom is -0.361 e. The minimum atomic E-state index is -0.574. The third kappa shape index (κ3) is 4.85. The van der Waals surface area contributed by atoms with E-state index in [1.807, 2.05) is 36.2 Å². The molecule has 0 saturated carbocycles. The van der Waals surface area contributed by atoms with Crippen molar-refractivity contribution in [3.8, 4) is 0 Å². The van der Waals surface area contributed by atoms with Gasteiger partial charge in [0.15, 0.2) is 0 Å². The van der Waals surface area contributed by atoms with E-state index in [1.165, 1.54) is 17.5 Å². The van der Waals surface area contributed by atoms with E-state index < -0.39 is 11.5 Å². The standard InChI is InChI=1S/C31H38N4O2.ClH/c1-30(12-6-16-32-21-30)29(37)34-27(19-23-20-33-26-10-5-3-8-24(23)26)28(36)35-17-14-31(15-18-35)13-11-22-7-2-4-9-25(22)31;/h2-5,7-10,20,27,32-33H,6,11-19,21H2,1H3,(H,34,37);1H/t27-,30-;/m1./s1. The Balaban J connectivity index is 0.00000294. The number of aryl methyl sites for hydroxylation is 1. The molecule has 0 unspecified atom stereocenters. The SMILES string of the molecule is C[C@@]1(C(=O)N[C@H](Cc2c[nH]c3ccccc23)C(=O)N2CCC3(CCc4ccccc43)CC2)CCCNC1.Cl. The average Bonchev–Trinajstić information content (AvgIpc) is 3.50. The van der Waals surface area contributed by atoms with Gasteiger partial charge in [0.2, 0.25) is 11.8 Å². The molecule has 6 nitrogen and oxygen atoms in total. The number of hydrogen-bond acceptors (Lipinski definition) is 3. The van der Waals surface area contributed by atoms with Crippen molar-refractivity contribution in [2.75, 3.05) is 26.2 Å². The number of benzene rings is 2. The van der Waals surface area contributed by atoms with Crippen LogP contribution in [0.15, 0.2) is 54.7 Å². The first-order chi connectivity index (χ1) is 18.0. The number of aromatic amines is 1. The minimum absolute atomic E-state index is 0. The molecule has 2 saturated heterocycles. The number of fused-ring (bicyclic) bond motifs is 3. The Morgan fingerprint density at radius 3 is 2.58 bits per heavy atom. The smallest absolute Gasteiger partial charge is 0.245 e. The number of amides is 2. The topological polar surface area (TPSA) is 77.2 Å². The Labute approximate surface area is 231 Å². The van der Waals surface area contributed by atoms with Crippen LogP contribution < -0.4 is 10.6 Å². The lowest BCUT2D eigenvalue weighted by molar-refractivity contribution is -0.140. The van der Waals surface area contributed by atoms with Gasteiger partial charge in [-0.25, -0.2) is 0 Å². The fraction of sp³-hybridized carbons (Fsp3) is 0.484. The van der Waals surface area contributed by atoms with Crippen LogP contribution in [0, 0.1) is 5.41 Å². The number of H-pyrrole nitrogens is 1. The molecule has 2 atom stereocenters. The summed E-state index contributed by atoms with van der Waals surface area (Å²) in [5, 5.41) is 7.70. The number of para-hydroxylation sites is 1. The molecule has 2 fully saturated rings. The zero-order valence-electron chi connectivity index (χ0n) is 22.2. The number of aromatic nitrogens is 1. The number of carbonyl (C=O) groups is 2. The molecular formula is C31H39ClN4O2. The molecule has 3 aromatic rings. The van der Waals surface area contributed by atoms with Gasteiger partial charge in [-0.2, -0.15) is 0 Å². The largest absolute Gasteiger partial charge is 0.361 e. The molecule has 3 heterocycles. The highest BCUT2D eigenvalue weighted by atomic mass is 35.5. The van der Waals surface area contributed by atoms with E-state index in [2.05, 4.69) is 45.9 Å². The van der Waals surface area contributed by atoms with Crippen molar-refractivity contribution in [2.24, 2.45) is 5.41 Å². The van der Waals surface area contributed by atoms with Gasteiger partial charge in [0.05, 0.1) is 5.41 Å². The van der Waals surface area contributed by atoms with Crippen LogP contribution in [0.1, 0.15) is 55.7 Å². The quantitative estimate of drug-likeness (QED) is 0.450. The number of nitrogens with one attached hydrogen (secondary N) is 3. The Hall–Kier alpha value is -2.83. The second-order valence-electron chi connectivity index (χ2n) is 11.7. The second kappa shape index (κ2) is 10.7. The van der Waals surface area contributed by atoms with Gasteiger partial charge in [-0.1, -0.05) is 42.5 Å². The Bertz CT molecular complexity index is 1300. The summed E-state index contributed by atoms with van der Waals surface area (Å²) in [6.45, 7) is 5.10. The van der Waals surface area contributed by atoms with Crippen molar-refractivity contribution in [2.45, 2.75) is 63.3 Å². The average molecular weight is 535 g/mol. The molecule has 1 aliphatic carbocycles. The predicted molar refractivity (Wildman–Crippen MR) is 154 cm³/mol. The van der Waals surface area contributed by atoms with Crippen LogP contribution in [0.4, 0.5) is 0 Å². The van der Waals surface area contributed by atoms with Crippen molar-refractivity contribution in [1.29, 1.82) is 0 Å². The van der Waals surface area contributed by atoms with Crippen molar-refractivity contribution >= 4 is 35.1 Å². The van der Waals surface area contributed by atoms with Crippen LogP contribution in [-0.2, 0) is 27.8 Å². The first-order valence-corrected chi connectivity index (χ1v) is 13.9. The molecule has 0 bridgehead atoms. The van der Waals surface area contributed by atoms with Gasteiger partial charge >= 0.3 is 0 Å². The lowest BCUT2D eigenvalue weighted by Crippen LogP contribution is -2.57. The molecule has 3 N–H and O–H groups in total. The lowest BCUT2D eigenvalue weighted by Gasteiger charge is -2.41. The second-order valence-corrected chi connectivity index (χ2v) is 11.7. The van der Waals surface area contributed by atoms with E-state index in [1.54, 1.807) is 0 Å². The van der Waals surface area contributed by atoms with E-state index in [-0.39, 0.29) is 29.6 Å². The van der Waals surface area contributed by atoms with Crippen LogP contribution in [0.3, 0.4) is 0 Å². The number of piperidine rings is 2.